The van der Waals surface area contributed by atoms with Gasteiger partial charge in [-0.3, -0.25) is 4.79 Å². The standard InChI is InChI=1S/C16H22N2O3/c17-16(6-8-21-9-7-16)15(20)18(13-4-5-13)11-12-2-1-3-14(19)10-12/h1-3,10,13,19H,4-9,11,17H2. The lowest BCUT2D eigenvalue weighted by molar-refractivity contribution is -0.141. The van der Waals surface area contributed by atoms with E-state index in [1.54, 1.807) is 18.2 Å². The van der Waals surface area contributed by atoms with Crippen LogP contribution in [0.5, 0.6) is 5.75 Å². The Morgan fingerprint density at radius 2 is 2.10 bits per heavy atom. The number of carbonyl (C=O) groups is 1. The van der Waals surface area contributed by atoms with Gasteiger partial charge in [0.25, 0.3) is 0 Å². The molecular weight excluding hydrogens is 268 g/mol. The van der Waals surface area contributed by atoms with Crippen molar-refractivity contribution in [3.63, 3.8) is 0 Å². The van der Waals surface area contributed by atoms with E-state index in [1.807, 2.05) is 11.0 Å². The van der Waals surface area contributed by atoms with E-state index in [9.17, 15) is 9.90 Å². The zero-order chi connectivity index (χ0) is 14.9. The van der Waals surface area contributed by atoms with Crippen molar-refractivity contribution in [3.05, 3.63) is 29.8 Å². The third-order valence-electron chi connectivity index (χ3n) is 4.32. The van der Waals surface area contributed by atoms with Gasteiger partial charge in [-0.25, -0.2) is 0 Å². The first-order valence-corrected chi connectivity index (χ1v) is 7.54. The van der Waals surface area contributed by atoms with Crippen molar-refractivity contribution < 1.29 is 14.6 Å². The Labute approximate surface area is 124 Å². The molecule has 3 N–H and O–H groups in total. The van der Waals surface area contributed by atoms with Gasteiger partial charge in [0.05, 0.1) is 5.54 Å². The van der Waals surface area contributed by atoms with Crippen molar-refractivity contribution >= 4 is 5.91 Å². The van der Waals surface area contributed by atoms with Crippen LogP contribution in [0.1, 0.15) is 31.2 Å². The van der Waals surface area contributed by atoms with Crippen LogP contribution in [0.2, 0.25) is 0 Å². The van der Waals surface area contributed by atoms with Gasteiger partial charge in [-0.1, -0.05) is 12.1 Å². The summed E-state index contributed by atoms with van der Waals surface area (Å²) in [6.45, 7) is 1.61. The molecule has 2 fully saturated rings. The Kier molecular flexibility index (Phi) is 3.87. The molecule has 1 saturated carbocycles. The zero-order valence-electron chi connectivity index (χ0n) is 12.1. The van der Waals surface area contributed by atoms with E-state index >= 15 is 0 Å². The average molecular weight is 290 g/mol. The van der Waals surface area contributed by atoms with Crippen molar-refractivity contribution in [2.45, 2.75) is 43.8 Å². The molecular formula is C16H22N2O3. The summed E-state index contributed by atoms with van der Waals surface area (Å²) in [5, 5.41) is 9.57. The average Bonchev–Trinajstić information content (AvgIpc) is 3.29. The number of hydrogen-bond acceptors (Lipinski definition) is 4. The molecule has 0 spiro atoms. The SMILES string of the molecule is NC1(C(=O)N(Cc2cccc(O)c2)C2CC2)CCOCC1. The molecule has 2 aliphatic rings. The van der Waals surface area contributed by atoms with Gasteiger partial charge in [-0.05, 0) is 43.4 Å². The molecule has 0 radical (unpaired) electrons. The van der Waals surface area contributed by atoms with Crippen LogP contribution in [0.25, 0.3) is 0 Å². The largest absolute Gasteiger partial charge is 0.508 e. The van der Waals surface area contributed by atoms with Gasteiger partial charge in [-0.2, -0.15) is 0 Å². The highest BCUT2D eigenvalue weighted by Crippen LogP contribution is 2.32. The maximum absolute atomic E-state index is 12.9. The van der Waals surface area contributed by atoms with Crippen LogP contribution >= 0.6 is 0 Å². The normalized spacial score (nSPS) is 21.0. The second-order valence-electron chi connectivity index (χ2n) is 6.10. The summed E-state index contributed by atoms with van der Waals surface area (Å²) >= 11 is 0. The third kappa shape index (κ3) is 3.19. The molecule has 3 rings (SSSR count). The number of amides is 1. The van der Waals surface area contributed by atoms with Gasteiger partial charge in [-0.15, -0.1) is 0 Å². The Morgan fingerprint density at radius 3 is 2.71 bits per heavy atom. The van der Waals surface area contributed by atoms with Crippen LogP contribution in [0, 0.1) is 0 Å². The molecule has 0 aromatic heterocycles. The minimum Gasteiger partial charge on any atom is -0.508 e. The van der Waals surface area contributed by atoms with Gasteiger partial charge in [0.2, 0.25) is 5.91 Å². The molecule has 21 heavy (non-hydrogen) atoms. The quantitative estimate of drug-likeness (QED) is 0.878. The maximum Gasteiger partial charge on any atom is 0.243 e. The molecule has 0 unspecified atom stereocenters. The summed E-state index contributed by atoms with van der Waals surface area (Å²) in [6, 6.07) is 7.36. The second kappa shape index (κ2) is 5.66. The van der Waals surface area contributed by atoms with Gasteiger partial charge in [0.1, 0.15) is 5.75 Å². The summed E-state index contributed by atoms with van der Waals surface area (Å²) in [5.74, 6) is 0.251. The first-order valence-electron chi connectivity index (χ1n) is 7.54. The summed E-state index contributed by atoms with van der Waals surface area (Å²) in [5.41, 5.74) is 6.47. The highest BCUT2D eigenvalue weighted by molar-refractivity contribution is 5.86. The Morgan fingerprint density at radius 1 is 1.38 bits per heavy atom. The third-order valence-corrected chi connectivity index (χ3v) is 4.32. The Balaban J connectivity index is 1.76. The van der Waals surface area contributed by atoms with Crippen LogP contribution in [-0.2, 0) is 16.1 Å². The van der Waals surface area contributed by atoms with Crippen molar-refractivity contribution in [2.24, 2.45) is 5.73 Å². The van der Waals surface area contributed by atoms with Crippen LogP contribution < -0.4 is 5.73 Å². The van der Waals surface area contributed by atoms with E-state index in [0.717, 1.165) is 18.4 Å². The number of carbonyl (C=O) groups excluding carboxylic acids is 1. The molecule has 114 valence electrons. The summed E-state index contributed by atoms with van der Waals surface area (Å²) in [7, 11) is 0. The van der Waals surface area contributed by atoms with Crippen molar-refractivity contribution in [3.8, 4) is 5.75 Å². The minimum absolute atomic E-state index is 0.0247. The summed E-state index contributed by atoms with van der Waals surface area (Å²) in [4.78, 5) is 14.8. The van der Waals surface area contributed by atoms with Crippen molar-refractivity contribution in [1.29, 1.82) is 0 Å². The summed E-state index contributed by atoms with van der Waals surface area (Å²) in [6.07, 6.45) is 3.23. The molecule has 1 heterocycles. The lowest BCUT2D eigenvalue weighted by Crippen LogP contribution is -2.58. The minimum atomic E-state index is -0.794. The molecule has 1 aliphatic heterocycles. The summed E-state index contributed by atoms with van der Waals surface area (Å²) < 4.78 is 5.32. The first-order chi connectivity index (χ1) is 10.1. The maximum atomic E-state index is 12.9. The van der Waals surface area contributed by atoms with Crippen LogP contribution in [0.3, 0.4) is 0 Å². The van der Waals surface area contributed by atoms with Crippen molar-refractivity contribution in [2.75, 3.05) is 13.2 Å². The number of ether oxygens (including phenoxy) is 1. The molecule has 5 nitrogen and oxygen atoms in total. The number of benzene rings is 1. The molecule has 1 aliphatic carbocycles. The molecule has 1 aromatic carbocycles. The van der Waals surface area contributed by atoms with Crippen LogP contribution in [0.15, 0.2) is 24.3 Å². The van der Waals surface area contributed by atoms with Crippen molar-refractivity contribution in [1.82, 2.24) is 4.90 Å². The van der Waals surface area contributed by atoms with Gasteiger partial charge >= 0.3 is 0 Å². The van der Waals surface area contributed by atoms with Crippen LogP contribution in [0.4, 0.5) is 0 Å². The molecule has 5 heteroatoms. The van der Waals surface area contributed by atoms with Gasteiger partial charge in [0, 0.05) is 25.8 Å². The number of rotatable bonds is 4. The number of aromatic hydroxyl groups is 1. The highest BCUT2D eigenvalue weighted by Gasteiger charge is 2.43. The highest BCUT2D eigenvalue weighted by atomic mass is 16.5. The predicted octanol–water partition coefficient (Wildman–Crippen LogP) is 1.39. The van der Waals surface area contributed by atoms with E-state index in [1.165, 1.54) is 0 Å². The number of phenolic OH excluding ortho intramolecular Hbond substituents is 1. The number of phenols is 1. The Bertz CT molecular complexity index is 522. The molecule has 1 amide bonds. The number of nitrogens with zero attached hydrogens (tertiary/aromatic N) is 1. The number of hydrogen-bond donors (Lipinski definition) is 2. The zero-order valence-corrected chi connectivity index (χ0v) is 12.1. The van der Waals surface area contributed by atoms with E-state index in [-0.39, 0.29) is 11.7 Å². The van der Waals surface area contributed by atoms with E-state index in [2.05, 4.69) is 0 Å². The molecule has 1 aromatic rings. The van der Waals surface area contributed by atoms with E-state index in [0.29, 0.717) is 38.6 Å². The van der Waals surface area contributed by atoms with E-state index in [4.69, 9.17) is 10.5 Å². The second-order valence-corrected chi connectivity index (χ2v) is 6.10. The first kappa shape index (κ1) is 14.4. The topological polar surface area (TPSA) is 75.8 Å². The lowest BCUT2D eigenvalue weighted by atomic mass is 9.89. The fourth-order valence-corrected chi connectivity index (χ4v) is 2.84. The van der Waals surface area contributed by atoms with Gasteiger partial charge < -0.3 is 20.5 Å². The smallest absolute Gasteiger partial charge is 0.243 e. The van der Waals surface area contributed by atoms with Crippen LogP contribution in [-0.4, -0.2) is 40.7 Å². The molecule has 0 bridgehead atoms. The Hall–Kier alpha value is -1.59. The lowest BCUT2D eigenvalue weighted by Gasteiger charge is -2.37. The number of nitrogens with two attached hydrogens (primary N) is 1. The predicted molar refractivity (Wildman–Crippen MR) is 78.7 cm³/mol. The fraction of sp³-hybridized carbons (Fsp3) is 0.562. The molecule has 0 atom stereocenters. The fourth-order valence-electron chi connectivity index (χ4n) is 2.84. The van der Waals surface area contributed by atoms with E-state index < -0.39 is 5.54 Å². The monoisotopic (exact) mass is 290 g/mol. The molecule has 1 saturated heterocycles. The van der Waals surface area contributed by atoms with Gasteiger partial charge in [0.15, 0.2) is 0 Å².